The van der Waals surface area contributed by atoms with Crippen molar-refractivity contribution < 1.29 is 4.79 Å². The molecule has 0 spiro atoms. The first kappa shape index (κ1) is 13.4. The summed E-state index contributed by atoms with van der Waals surface area (Å²) in [5, 5.41) is 2.91. The zero-order chi connectivity index (χ0) is 13.1. The Hall–Kier alpha value is -1.07. The number of nitrogens with zero attached hydrogens (tertiary/aromatic N) is 1. The van der Waals surface area contributed by atoms with Crippen molar-refractivity contribution >= 4 is 27.5 Å². The molecular weight excluding hydrogens is 294 g/mol. The van der Waals surface area contributed by atoms with Crippen LogP contribution in [0.5, 0.6) is 0 Å². The molecule has 1 aromatic rings. The van der Waals surface area contributed by atoms with Gasteiger partial charge in [-0.05, 0) is 24.1 Å². The average Bonchev–Trinajstić information content (AvgIpc) is 2.33. The molecule has 1 saturated heterocycles. The molecule has 1 aliphatic heterocycles. The number of anilines is 1. The molecule has 98 valence electrons. The van der Waals surface area contributed by atoms with Gasteiger partial charge in [-0.2, -0.15) is 0 Å². The van der Waals surface area contributed by atoms with Crippen molar-refractivity contribution in [3.8, 4) is 0 Å². The SMILES string of the molecule is CCC1C(=O)NCCN1Cc1ccc(N)cc1Br. The smallest absolute Gasteiger partial charge is 0.237 e. The Morgan fingerprint density at radius 1 is 1.56 bits per heavy atom. The second-order valence-corrected chi connectivity index (χ2v) is 5.39. The molecule has 1 aromatic carbocycles. The molecule has 1 fully saturated rings. The van der Waals surface area contributed by atoms with E-state index >= 15 is 0 Å². The molecule has 2 rings (SSSR count). The molecule has 1 unspecified atom stereocenters. The monoisotopic (exact) mass is 311 g/mol. The van der Waals surface area contributed by atoms with Crippen LogP contribution in [0.15, 0.2) is 22.7 Å². The Morgan fingerprint density at radius 2 is 2.33 bits per heavy atom. The third kappa shape index (κ3) is 2.84. The van der Waals surface area contributed by atoms with Crippen LogP contribution in [-0.2, 0) is 11.3 Å². The molecule has 3 N–H and O–H groups in total. The molecule has 0 aliphatic carbocycles. The topological polar surface area (TPSA) is 58.4 Å². The third-order valence-corrected chi connectivity index (χ3v) is 4.02. The van der Waals surface area contributed by atoms with Gasteiger partial charge in [0.1, 0.15) is 0 Å². The van der Waals surface area contributed by atoms with Gasteiger partial charge in [-0.15, -0.1) is 0 Å². The number of benzene rings is 1. The Balaban J connectivity index is 2.14. The van der Waals surface area contributed by atoms with Gasteiger partial charge in [0, 0.05) is 29.8 Å². The van der Waals surface area contributed by atoms with Crippen molar-refractivity contribution in [1.29, 1.82) is 0 Å². The number of rotatable bonds is 3. The minimum atomic E-state index is -0.0248. The van der Waals surface area contributed by atoms with Crippen molar-refractivity contribution in [3.63, 3.8) is 0 Å². The highest BCUT2D eigenvalue weighted by Crippen LogP contribution is 2.23. The van der Waals surface area contributed by atoms with E-state index in [1.165, 1.54) is 0 Å². The number of hydrogen-bond donors (Lipinski definition) is 2. The minimum absolute atomic E-state index is 0.0248. The van der Waals surface area contributed by atoms with Gasteiger partial charge in [0.15, 0.2) is 0 Å². The molecule has 5 heteroatoms. The van der Waals surface area contributed by atoms with Gasteiger partial charge in [0.25, 0.3) is 0 Å². The van der Waals surface area contributed by atoms with Crippen LogP contribution in [0, 0.1) is 0 Å². The molecule has 0 saturated carbocycles. The van der Waals surface area contributed by atoms with Gasteiger partial charge in [-0.1, -0.05) is 28.9 Å². The molecule has 4 nitrogen and oxygen atoms in total. The number of nitrogen functional groups attached to an aromatic ring is 1. The predicted octanol–water partition coefficient (Wildman–Crippen LogP) is 1.74. The lowest BCUT2D eigenvalue weighted by Gasteiger charge is -2.34. The molecule has 0 radical (unpaired) electrons. The van der Waals surface area contributed by atoms with Crippen LogP contribution in [0.2, 0.25) is 0 Å². The summed E-state index contributed by atoms with van der Waals surface area (Å²) in [6.45, 7) is 4.43. The molecule has 1 atom stereocenters. The van der Waals surface area contributed by atoms with E-state index in [0.29, 0.717) is 0 Å². The highest BCUT2D eigenvalue weighted by molar-refractivity contribution is 9.10. The van der Waals surface area contributed by atoms with E-state index in [-0.39, 0.29) is 11.9 Å². The van der Waals surface area contributed by atoms with E-state index in [1.807, 2.05) is 25.1 Å². The largest absolute Gasteiger partial charge is 0.399 e. The number of hydrogen-bond acceptors (Lipinski definition) is 3. The number of carbonyl (C=O) groups is 1. The minimum Gasteiger partial charge on any atom is -0.399 e. The summed E-state index contributed by atoms with van der Waals surface area (Å²) in [5.74, 6) is 0.135. The maximum atomic E-state index is 11.8. The molecule has 1 amide bonds. The maximum Gasteiger partial charge on any atom is 0.237 e. The van der Waals surface area contributed by atoms with Crippen LogP contribution in [-0.4, -0.2) is 29.9 Å². The van der Waals surface area contributed by atoms with E-state index < -0.39 is 0 Å². The fraction of sp³-hybridized carbons (Fsp3) is 0.462. The van der Waals surface area contributed by atoms with Crippen molar-refractivity contribution in [2.75, 3.05) is 18.8 Å². The zero-order valence-electron chi connectivity index (χ0n) is 10.4. The fourth-order valence-corrected chi connectivity index (χ4v) is 2.83. The average molecular weight is 312 g/mol. The Morgan fingerprint density at radius 3 is 3.00 bits per heavy atom. The van der Waals surface area contributed by atoms with Gasteiger partial charge in [-0.3, -0.25) is 9.69 Å². The molecule has 1 heterocycles. The summed E-state index contributed by atoms with van der Waals surface area (Å²) < 4.78 is 1.00. The van der Waals surface area contributed by atoms with Gasteiger partial charge < -0.3 is 11.1 Å². The number of nitrogens with two attached hydrogens (primary N) is 1. The van der Waals surface area contributed by atoms with Crippen molar-refractivity contribution in [3.05, 3.63) is 28.2 Å². The van der Waals surface area contributed by atoms with E-state index in [4.69, 9.17) is 5.73 Å². The number of halogens is 1. The summed E-state index contributed by atoms with van der Waals surface area (Å²) in [4.78, 5) is 14.0. The maximum absolute atomic E-state index is 11.8. The van der Waals surface area contributed by atoms with Gasteiger partial charge in [-0.25, -0.2) is 0 Å². The van der Waals surface area contributed by atoms with Crippen LogP contribution in [0.1, 0.15) is 18.9 Å². The first-order valence-electron chi connectivity index (χ1n) is 6.17. The number of amides is 1. The summed E-state index contributed by atoms with van der Waals surface area (Å²) in [6, 6.07) is 5.78. The first-order chi connectivity index (χ1) is 8.61. The van der Waals surface area contributed by atoms with Crippen LogP contribution >= 0.6 is 15.9 Å². The van der Waals surface area contributed by atoms with Crippen molar-refractivity contribution in [2.45, 2.75) is 25.9 Å². The summed E-state index contributed by atoms with van der Waals surface area (Å²) >= 11 is 3.52. The van der Waals surface area contributed by atoms with Crippen LogP contribution in [0.25, 0.3) is 0 Å². The van der Waals surface area contributed by atoms with E-state index in [9.17, 15) is 4.79 Å². The van der Waals surface area contributed by atoms with Crippen LogP contribution in [0.3, 0.4) is 0 Å². The van der Waals surface area contributed by atoms with Gasteiger partial charge in [0.05, 0.1) is 6.04 Å². The highest BCUT2D eigenvalue weighted by atomic mass is 79.9. The lowest BCUT2D eigenvalue weighted by molar-refractivity contribution is -0.129. The van der Waals surface area contributed by atoms with E-state index in [1.54, 1.807) is 0 Å². The number of piperazine rings is 1. The quantitative estimate of drug-likeness (QED) is 0.836. The van der Waals surface area contributed by atoms with Crippen molar-refractivity contribution in [2.24, 2.45) is 0 Å². The second-order valence-electron chi connectivity index (χ2n) is 4.54. The van der Waals surface area contributed by atoms with Gasteiger partial charge >= 0.3 is 0 Å². The molecule has 0 bridgehead atoms. The zero-order valence-corrected chi connectivity index (χ0v) is 12.0. The fourth-order valence-electron chi connectivity index (χ4n) is 2.31. The predicted molar refractivity (Wildman–Crippen MR) is 76.1 cm³/mol. The standard InChI is InChI=1S/C13H18BrN3O/c1-2-12-13(18)16-5-6-17(12)8-9-3-4-10(15)7-11(9)14/h3-4,7,12H,2,5-6,8,15H2,1H3,(H,16,18). The molecule has 1 aliphatic rings. The summed E-state index contributed by atoms with van der Waals surface area (Å²) in [6.07, 6.45) is 0.832. The summed E-state index contributed by atoms with van der Waals surface area (Å²) in [7, 11) is 0. The third-order valence-electron chi connectivity index (χ3n) is 3.28. The first-order valence-corrected chi connectivity index (χ1v) is 6.96. The molecular formula is C13H18BrN3O. The van der Waals surface area contributed by atoms with Crippen LogP contribution in [0.4, 0.5) is 5.69 Å². The van der Waals surface area contributed by atoms with Crippen LogP contribution < -0.4 is 11.1 Å². The second kappa shape index (κ2) is 5.71. The number of nitrogens with one attached hydrogen (secondary N) is 1. The number of carbonyl (C=O) groups excluding carboxylic acids is 1. The molecule has 18 heavy (non-hydrogen) atoms. The molecule has 0 aromatic heterocycles. The van der Waals surface area contributed by atoms with Crippen molar-refractivity contribution in [1.82, 2.24) is 10.2 Å². The highest BCUT2D eigenvalue weighted by Gasteiger charge is 2.28. The Labute approximate surface area is 116 Å². The van der Waals surface area contributed by atoms with E-state index in [2.05, 4.69) is 26.1 Å². The van der Waals surface area contributed by atoms with E-state index in [0.717, 1.165) is 41.8 Å². The lowest BCUT2D eigenvalue weighted by atomic mass is 10.1. The summed E-state index contributed by atoms with van der Waals surface area (Å²) in [5.41, 5.74) is 7.64. The Kier molecular flexibility index (Phi) is 4.24. The lowest BCUT2D eigenvalue weighted by Crippen LogP contribution is -2.54. The Bertz CT molecular complexity index is 450. The van der Waals surface area contributed by atoms with Gasteiger partial charge in [0.2, 0.25) is 5.91 Å². The normalized spacial score (nSPS) is 20.8.